The molecule has 0 saturated heterocycles. The highest BCUT2D eigenvalue weighted by molar-refractivity contribution is 5.94. The molecule has 3 aromatic rings. The maximum absolute atomic E-state index is 13.0. The topological polar surface area (TPSA) is 111 Å². The molecule has 1 spiro atoms. The van der Waals surface area contributed by atoms with E-state index < -0.39 is 23.6 Å². The van der Waals surface area contributed by atoms with Crippen LogP contribution in [0, 0.1) is 0 Å². The van der Waals surface area contributed by atoms with E-state index in [1.807, 2.05) is 36.4 Å². The van der Waals surface area contributed by atoms with Crippen molar-refractivity contribution in [2.45, 2.75) is 96.3 Å². The van der Waals surface area contributed by atoms with Gasteiger partial charge in [0.2, 0.25) is 5.55 Å². The Morgan fingerprint density at radius 1 is 1.05 bits per heavy atom. The largest absolute Gasteiger partial charge is 0.497 e. The number of hydrogen-bond acceptors (Lipinski definition) is 7. The van der Waals surface area contributed by atoms with Gasteiger partial charge in [-0.2, -0.15) is 0 Å². The van der Waals surface area contributed by atoms with E-state index in [2.05, 4.69) is 21.9 Å². The van der Waals surface area contributed by atoms with Crippen molar-refractivity contribution in [2.75, 3.05) is 7.11 Å². The second kappa shape index (κ2) is 12.1. The summed E-state index contributed by atoms with van der Waals surface area (Å²) in [6.07, 6.45) is 7.48. The highest BCUT2D eigenvalue weighted by Gasteiger charge is 2.37. The number of ether oxygens (including phenoxy) is 3. The summed E-state index contributed by atoms with van der Waals surface area (Å²) in [5.41, 5.74) is 5.65. The Balaban J connectivity index is 1.49. The summed E-state index contributed by atoms with van der Waals surface area (Å²) in [6.45, 7) is 7.09. The van der Waals surface area contributed by atoms with Crippen LogP contribution in [0.15, 0.2) is 52.0 Å². The van der Waals surface area contributed by atoms with Gasteiger partial charge in [-0.25, -0.2) is 10.2 Å². The lowest BCUT2D eigenvalue weighted by Gasteiger charge is -2.41. The molecule has 9 heteroatoms. The summed E-state index contributed by atoms with van der Waals surface area (Å²) in [7, 11) is 1.64. The molecule has 1 aliphatic heterocycles. The van der Waals surface area contributed by atoms with Crippen LogP contribution in [-0.2, 0) is 16.0 Å². The number of carbonyl (C=O) groups excluding carboxylic acids is 2. The van der Waals surface area contributed by atoms with Gasteiger partial charge in [-0.1, -0.05) is 25.5 Å². The number of amides is 2. The maximum Gasteiger partial charge on any atom is 0.408 e. The monoisotopic (exact) mass is 575 g/mol. The number of rotatable bonds is 6. The molecule has 0 bridgehead atoms. The number of alkyl carbamates (subject to hydrolysis) is 1. The molecule has 1 saturated carbocycles. The van der Waals surface area contributed by atoms with Gasteiger partial charge in [0.15, 0.2) is 0 Å². The molecule has 2 heterocycles. The highest BCUT2D eigenvalue weighted by atomic mass is 16.6. The van der Waals surface area contributed by atoms with Crippen molar-refractivity contribution >= 4 is 23.0 Å². The van der Waals surface area contributed by atoms with Crippen molar-refractivity contribution in [1.29, 1.82) is 0 Å². The Morgan fingerprint density at radius 3 is 2.45 bits per heavy atom. The molecule has 224 valence electrons. The van der Waals surface area contributed by atoms with Crippen LogP contribution >= 0.6 is 0 Å². The highest BCUT2D eigenvalue weighted by Crippen LogP contribution is 2.44. The second-order valence-corrected chi connectivity index (χ2v) is 12.2. The van der Waals surface area contributed by atoms with Crippen molar-refractivity contribution in [3.8, 4) is 22.6 Å². The van der Waals surface area contributed by atoms with E-state index in [0.29, 0.717) is 12.0 Å². The molecule has 0 unspecified atom stereocenters. The summed E-state index contributed by atoms with van der Waals surface area (Å²) in [5.74, 6) is 1.14. The number of methoxy groups -OCH3 is 1. The predicted octanol–water partition coefficient (Wildman–Crippen LogP) is 6.37. The molecule has 5 rings (SSSR count). The van der Waals surface area contributed by atoms with Gasteiger partial charge in [-0.15, -0.1) is 5.10 Å². The lowest BCUT2D eigenvalue weighted by atomic mass is 9.79. The second-order valence-electron chi connectivity index (χ2n) is 12.2. The van der Waals surface area contributed by atoms with Crippen LogP contribution in [0.5, 0.6) is 11.5 Å². The molecule has 42 heavy (non-hydrogen) atoms. The number of hydrogen-bond donors (Lipinski definition) is 2. The number of aryl methyl sites for hydroxylation is 1. The molecule has 9 nitrogen and oxygen atoms in total. The maximum atomic E-state index is 13.0. The van der Waals surface area contributed by atoms with E-state index in [1.54, 1.807) is 34.8 Å². The van der Waals surface area contributed by atoms with Crippen molar-refractivity contribution < 1.29 is 28.2 Å². The number of nitrogens with one attached hydrogen (secondary N) is 2. The van der Waals surface area contributed by atoms with Gasteiger partial charge in [-0.05, 0) is 101 Å². The minimum Gasteiger partial charge on any atom is -0.497 e. The minimum atomic E-state index is -0.822. The molecule has 1 atom stereocenters. The van der Waals surface area contributed by atoms with E-state index in [9.17, 15) is 9.59 Å². The van der Waals surface area contributed by atoms with Gasteiger partial charge in [0.25, 0.3) is 5.91 Å². The van der Waals surface area contributed by atoms with Gasteiger partial charge in [0.05, 0.1) is 7.11 Å². The van der Waals surface area contributed by atoms with Crippen LogP contribution in [0.3, 0.4) is 0 Å². The zero-order valence-electron chi connectivity index (χ0n) is 25.2. The van der Waals surface area contributed by atoms with Crippen molar-refractivity contribution in [1.82, 2.24) is 10.7 Å². The van der Waals surface area contributed by atoms with Gasteiger partial charge < -0.3 is 23.9 Å². The van der Waals surface area contributed by atoms with E-state index >= 15 is 0 Å². The molecular weight excluding hydrogens is 534 g/mol. The van der Waals surface area contributed by atoms with Crippen LogP contribution in [0.1, 0.15) is 78.2 Å². The molecular formula is C33H41N3O6. The first-order valence-electron chi connectivity index (χ1n) is 14.9. The number of carbonyl (C=O) groups is 2. The minimum absolute atomic E-state index is 0.0933. The Morgan fingerprint density at radius 2 is 1.79 bits per heavy atom. The van der Waals surface area contributed by atoms with Gasteiger partial charge >= 0.3 is 6.09 Å². The summed E-state index contributed by atoms with van der Waals surface area (Å²) < 4.78 is 23.6. The quantitative estimate of drug-likeness (QED) is 0.330. The lowest BCUT2D eigenvalue weighted by molar-refractivity contribution is -0.123. The average molecular weight is 576 g/mol. The van der Waals surface area contributed by atoms with E-state index in [0.717, 1.165) is 53.7 Å². The summed E-state index contributed by atoms with van der Waals surface area (Å²) >= 11 is 0. The Hall–Kier alpha value is -4.01. The molecule has 1 aromatic heterocycles. The van der Waals surface area contributed by atoms with Crippen LogP contribution in [-0.4, -0.2) is 36.4 Å². The molecule has 0 radical (unpaired) electrons. The molecule has 1 aliphatic carbocycles. The molecule has 2 aromatic carbocycles. The Bertz CT molecular complexity index is 1510. The van der Waals surface area contributed by atoms with Crippen LogP contribution in [0.4, 0.5) is 4.79 Å². The Labute approximate surface area is 246 Å². The fourth-order valence-electron chi connectivity index (χ4n) is 5.79. The van der Waals surface area contributed by atoms with E-state index in [1.165, 1.54) is 24.8 Å². The molecule has 2 N–H and O–H groups in total. The number of fused-ring (bicyclic) bond motifs is 2. The van der Waals surface area contributed by atoms with Crippen LogP contribution < -0.4 is 25.8 Å². The van der Waals surface area contributed by atoms with Crippen molar-refractivity contribution in [2.24, 2.45) is 5.10 Å². The number of nitrogens with zero attached hydrogens (tertiary/aromatic N) is 1. The van der Waals surface area contributed by atoms with Crippen molar-refractivity contribution in [3.05, 3.63) is 53.6 Å². The van der Waals surface area contributed by atoms with Gasteiger partial charge in [-0.3, -0.25) is 4.79 Å². The molecule has 1 fully saturated rings. The zero-order chi connectivity index (χ0) is 29.9. The third-order valence-corrected chi connectivity index (χ3v) is 7.97. The van der Waals surface area contributed by atoms with E-state index in [-0.39, 0.29) is 11.2 Å². The predicted molar refractivity (Wildman–Crippen MR) is 160 cm³/mol. The van der Waals surface area contributed by atoms with Crippen molar-refractivity contribution in [3.63, 3.8) is 0 Å². The first-order valence-corrected chi connectivity index (χ1v) is 14.9. The van der Waals surface area contributed by atoms with Gasteiger partial charge in [0.1, 0.15) is 34.3 Å². The summed E-state index contributed by atoms with van der Waals surface area (Å²) in [5, 5.41) is 7.84. The third-order valence-electron chi connectivity index (χ3n) is 7.97. The normalized spacial score (nSPS) is 17.2. The fraction of sp³-hybridized carbons (Fsp3) is 0.485. The average Bonchev–Trinajstić information content (AvgIpc) is 2.97. The standard InChI is InChI=1S/C33H41N3O6/c1-6-26(34-31(38)42-32(2,3)4)30(37)36-35-29-19-24(21-10-12-23(39-5)13-11-21)25-18-22-14-17-33(15-8-7-9-16-33)41-27(22)20-28(25)40-29/h10-13,18-20,26H,6-9,14-17H2,1-5H3,(H,34,38)(H,36,37)/b35-29-/t26-/m1/s1. The number of benzene rings is 2. The van der Waals surface area contributed by atoms with Crippen LogP contribution in [0.2, 0.25) is 0 Å². The van der Waals surface area contributed by atoms with E-state index in [4.69, 9.17) is 18.6 Å². The summed E-state index contributed by atoms with van der Waals surface area (Å²) in [4.78, 5) is 25.2. The Kier molecular flexibility index (Phi) is 8.48. The summed E-state index contributed by atoms with van der Waals surface area (Å²) in [6, 6.07) is 12.9. The van der Waals surface area contributed by atoms with Crippen LogP contribution in [0.25, 0.3) is 22.1 Å². The zero-order valence-corrected chi connectivity index (χ0v) is 25.2. The fourth-order valence-corrected chi connectivity index (χ4v) is 5.79. The lowest BCUT2D eigenvalue weighted by Crippen LogP contribution is -2.47. The molecule has 2 aliphatic rings. The molecule has 2 amide bonds. The third kappa shape index (κ3) is 6.72. The first-order chi connectivity index (χ1) is 20.1. The smallest absolute Gasteiger partial charge is 0.408 e. The first kappa shape index (κ1) is 29.5. The van der Waals surface area contributed by atoms with Gasteiger partial charge in [0, 0.05) is 17.5 Å². The SMILES string of the molecule is CC[C@@H](NC(=O)OC(C)(C)C)C(=O)N/N=c1/cc(-c2ccc(OC)cc2)c2cc3c(cc2o1)OC1(CCCCC1)CC3.